The minimum absolute atomic E-state index is 0.0610. The van der Waals surface area contributed by atoms with Gasteiger partial charge in [0.15, 0.2) is 0 Å². The van der Waals surface area contributed by atoms with Crippen LogP contribution in [-0.2, 0) is 12.7 Å². The van der Waals surface area contributed by atoms with Gasteiger partial charge >= 0.3 is 12.1 Å². The van der Waals surface area contributed by atoms with Gasteiger partial charge in [0.05, 0.1) is 5.56 Å². The van der Waals surface area contributed by atoms with E-state index < -0.39 is 22.6 Å². The molecule has 0 atom stereocenters. The van der Waals surface area contributed by atoms with Crippen molar-refractivity contribution in [2.45, 2.75) is 12.7 Å². The Kier molecular flexibility index (Phi) is 3.71. The van der Waals surface area contributed by atoms with Gasteiger partial charge < -0.3 is 14.6 Å². The highest BCUT2D eigenvalue weighted by Crippen LogP contribution is 2.30. The van der Waals surface area contributed by atoms with E-state index in [-0.39, 0.29) is 18.3 Å². The zero-order chi connectivity index (χ0) is 17.3. The van der Waals surface area contributed by atoms with Crippen LogP contribution in [0.25, 0.3) is 11.4 Å². The number of halogens is 3. The Morgan fingerprint density at radius 1 is 1.25 bits per heavy atom. The van der Waals surface area contributed by atoms with Crippen molar-refractivity contribution in [3.63, 3.8) is 0 Å². The van der Waals surface area contributed by atoms with E-state index >= 15 is 0 Å². The lowest BCUT2D eigenvalue weighted by Crippen LogP contribution is -2.04. The Hall–Kier alpha value is -3.31. The van der Waals surface area contributed by atoms with Gasteiger partial charge in [-0.2, -0.15) is 22.8 Å². The molecule has 0 amide bonds. The summed E-state index contributed by atoms with van der Waals surface area (Å²) < 4.78 is 43.6. The highest BCUT2D eigenvalue weighted by atomic mass is 19.4. The van der Waals surface area contributed by atoms with Gasteiger partial charge in [0.2, 0.25) is 18.0 Å². The topological polar surface area (TPSA) is 113 Å². The fourth-order valence-corrected chi connectivity index (χ4v) is 1.83. The van der Waals surface area contributed by atoms with E-state index in [4.69, 9.17) is 4.52 Å². The Balaban J connectivity index is 1.76. The average Bonchev–Trinajstić information content (AvgIpc) is 3.16. The first-order valence-electron chi connectivity index (χ1n) is 6.37. The number of alkyl halides is 3. The largest absolute Gasteiger partial charge is 0.490 e. The molecule has 0 saturated heterocycles. The maximum absolute atomic E-state index is 12.5. The first-order chi connectivity index (χ1) is 11.3. The van der Waals surface area contributed by atoms with Crippen LogP contribution in [0.4, 0.5) is 19.1 Å². The van der Waals surface area contributed by atoms with Crippen LogP contribution in [0, 0.1) is 10.1 Å². The minimum Gasteiger partial charge on any atom is -0.390 e. The second-order valence-electron chi connectivity index (χ2n) is 4.59. The molecule has 0 aliphatic rings. The molecule has 24 heavy (non-hydrogen) atoms. The molecule has 1 aromatic carbocycles. The first kappa shape index (κ1) is 15.6. The molecule has 0 radical (unpaired) electrons. The molecule has 0 bridgehead atoms. The van der Waals surface area contributed by atoms with Gasteiger partial charge in [-0.1, -0.05) is 22.3 Å². The fourth-order valence-electron chi connectivity index (χ4n) is 1.83. The highest BCUT2D eigenvalue weighted by molar-refractivity contribution is 5.54. The number of benzene rings is 1. The Labute approximate surface area is 130 Å². The van der Waals surface area contributed by atoms with Crippen LogP contribution in [0.3, 0.4) is 0 Å². The Bertz CT molecular complexity index is 871. The summed E-state index contributed by atoms with van der Waals surface area (Å²) in [6.45, 7) is -0.0610. The quantitative estimate of drug-likeness (QED) is 0.529. The lowest BCUT2D eigenvalue weighted by molar-refractivity contribution is -0.394. The average molecular weight is 340 g/mol. The molecule has 124 valence electrons. The summed E-state index contributed by atoms with van der Waals surface area (Å²) >= 11 is 0. The molecule has 2 aromatic heterocycles. The first-order valence-corrected chi connectivity index (χ1v) is 6.37. The fraction of sp³-hybridized carbons (Fsp3) is 0.167. The highest BCUT2D eigenvalue weighted by Gasteiger charge is 2.30. The smallest absolute Gasteiger partial charge is 0.390 e. The normalized spacial score (nSPS) is 11.6. The summed E-state index contributed by atoms with van der Waals surface area (Å²) in [7, 11) is 0. The summed E-state index contributed by atoms with van der Waals surface area (Å²) in [5.74, 6) is -0.407. The third-order valence-electron chi connectivity index (χ3n) is 2.92. The number of aromatic nitrogens is 5. The van der Waals surface area contributed by atoms with Gasteiger partial charge in [0, 0.05) is 10.7 Å². The number of nitrogens with zero attached hydrogens (tertiary/aromatic N) is 6. The van der Waals surface area contributed by atoms with Crippen LogP contribution in [0.2, 0.25) is 0 Å². The van der Waals surface area contributed by atoms with Gasteiger partial charge in [0.25, 0.3) is 0 Å². The van der Waals surface area contributed by atoms with E-state index in [0.29, 0.717) is 5.56 Å². The van der Waals surface area contributed by atoms with Gasteiger partial charge in [0.1, 0.15) is 6.54 Å². The zero-order valence-corrected chi connectivity index (χ0v) is 11.6. The van der Waals surface area contributed by atoms with Crippen LogP contribution in [-0.4, -0.2) is 29.8 Å². The Morgan fingerprint density at radius 3 is 2.54 bits per heavy atom. The summed E-state index contributed by atoms with van der Waals surface area (Å²) in [4.78, 5) is 17.2. The molecule has 0 saturated carbocycles. The standard InChI is InChI=1S/C12H7F3N6O3/c13-12(14,15)8-3-1-7(2-4-8)10-17-9(24-19-10)5-20-6-16-11(18-20)21(22)23/h1-4,6H,5H2. The third-order valence-corrected chi connectivity index (χ3v) is 2.92. The lowest BCUT2D eigenvalue weighted by Gasteiger charge is -2.05. The zero-order valence-electron chi connectivity index (χ0n) is 11.6. The van der Waals surface area contributed by atoms with Crippen molar-refractivity contribution in [3.05, 3.63) is 52.2 Å². The van der Waals surface area contributed by atoms with Crippen molar-refractivity contribution >= 4 is 5.95 Å². The molecule has 9 nitrogen and oxygen atoms in total. The van der Waals surface area contributed by atoms with E-state index in [2.05, 4.69) is 20.2 Å². The molecule has 0 unspecified atom stereocenters. The van der Waals surface area contributed by atoms with Crippen molar-refractivity contribution in [1.82, 2.24) is 24.9 Å². The van der Waals surface area contributed by atoms with E-state index in [1.165, 1.54) is 12.1 Å². The lowest BCUT2D eigenvalue weighted by atomic mass is 10.1. The van der Waals surface area contributed by atoms with E-state index in [1.807, 2.05) is 0 Å². The van der Waals surface area contributed by atoms with Crippen molar-refractivity contribution < 1.29 is 22.6 Å². The molecule has 0 spiro atoms. The number of hydrogen-bond acceptors (Lipinski definition) is 7. The molecule has 0 aliphatic carbocycles. The molecule has 0 fully saturated rings. The molecular formula is C12H7F3N6O3. The van der Waals surface area contributed by atoms with Gasteiger partial charge in [-0.05, 0) is 17.1 Å². The summed E-state index contributed by atoms with van der Waals surface area (Å²) in [6.07, 6.45) is -3.30. The van der Waals surface area contributed by atoms with Gasteiger partial charge in [-0.3, -0.25) is 0 Å². The second kappa shape index (κ2) is 5.72. The van der Waals surface area contributed by atoms with Crippen LogP contribution in [0.15, 0.2) is 35.1 Å². The maximum atomic E-state index is 12.5. The van der Waals surface area contributed by atoms with Crippen molar-refractivity contribution in [2.75, 3.05) is 0 Å². The molecule has 3 rings (SSSR count). The second-order valence-corrected chi connectivity index (χ2v) is 4.59. The summed E-state index contributed by atoms with van der Waals surface area (Å²) in [5, 5.41) is 17.7. The van der Waals surface area contributed by atoms with E-state index in [9.17, 15) is 23.3 Å². The van der Waals surface area contributed by atoms with Crippen molar-refractivity contribution in [2.24, 2.45) is 0 Å². The Morgan fingerprint density at radius 2 is 1.96 bits per heavy atom. The van der Waals surface area contributed by atoms with E-state index in [0.717, 1.165) is 23.1 Å². The van der Waals surface area contributed by atoms with Crippen LogP contribution < -0.4 is 0 Å². The third kappa shape index (κ3) is 3.21. The summed E-state index contributed by atoms with van der Waals surface area (Å²) in [6, 6.07) is 4.26. The van der Waals surface area contributed by atoms with Crippen LogP contribution >= 0.6 is 0 Å². The van der Waals surface area contributed by atoms with Crippen molar-refractivity contribution in [1.29, 1.82) is 0 Å². The SMILES string of the molecule is O=[N+]([O-])c1ncn(Cc2nc(-c3ccc(C(F)(F)F)cc3)no2)n1. The number of nitro groups is 1. The van der Waals surface area contributed by atoms with Crippen molar-refractivity contribution in [3.8, 4) is 11.4 Å². The molecule has 0 N–H and O–H groups in total. The monoisotopic (exact) mass is 340 g/mol. The predicted molar refractivity (Wildman–Crippen MR) is 70.5 cm³/mol. The maximum Gasteiger partial charge on any atom is 0.490 e. The van der Waals surface area contributed by atoms with E-state index in [1.54, 1.807) is 0 Å². The number of hydrogen-bond donors (Lipinski definition) is 0. The molecule has 12 heteroatoms. The van der Waals surface area contributed by atoms with Crippen LogP contribution in [0.1, 0.15) is 11.5 Å². The van der Waals surface area contributed by atoms with Crippen LogP contribution in [0.5, 0.6) is 0 Å². The number of rotatable bonds is 4. The van der Waals surface area contributed by atoms with Gasteiger partial charge in [-0.25, -0.2) is 0 Å². The van der Waals surface area contributed by atoms with Gasteiger partial charge in [-0.15, -0.1) is 0 Å². The molecular weight excluding hydrogens is 333 g/mol. The minimum atomic E-state index is -4.43. The molecule has 3 aromatic rings. The predicted octanol–water partition coefficient (Wildman–Crippen LogP) is 2.30. The summed E-state index contributed by atoms with van der Waals surface area (Å²) in [5.41, 5.74) is -0.451. The molecule has 2 heterocycles. The molecule has 0 aliphatic heterocycles.